The third kappa shape index (κ3) is 6.38. The lowest BCUT2D eigenvalue weighted by Gasteiger charge is -2.21. The SMILES string of the molecule is COCc1ccc([C@@H](NC(=O)NC2=[N+]=CC=C2)C(=O)Nc2ccc(C(C)(C)C)c(F)c2)cc1. The van der Waals surface area contributed by atoms with Crippen molar-refractivity contribution in [2.75, 3.05) is 12.4 Å². The molecule has 0 aliphatic carbocycles. The normalized spacial score (nSPS) is 13.4. The molecular weight excluding hydrogens is 423 g/mol. The molecule has 0 spiro atoms. The van der Waals surface area contributed by atoms with Crippen LogP contribution in [0.15, 0.2) is 54.6 Å². The fourth-order valence-corrected chi connectivity index (χ4v) is 3.35. The topological polar surface area (TPSA) is 93.6 Å². The Balaban J connectivity index is 1.82. The van der Waals surface area contributed by atoms with Gasteiger partial charge in [-0.2, -0.15) is 5.32 Å². The summed E-state index contributed by atoms with van der Waals surface area (Å²) in [5, 5.41) is 7.95. The van der Waals surface area contributed by atoms with Gasteiger partial charge in [0.1, 0.15) is 11.9 Å². The summed E-state index contributed by atoms with van der Waals surface area (Å²) in [6.45, 7) is 6.16. The Morgan fingerprint density at radius 3 is 2.39 bits per heavy atom. The number of methoxy groups -OCH3 is 1. The van der Waals surface area contributed by atoms with Gasteiger partial charge in [-0.15, -0.1) is 0 Å². The number of anilines is 1. The molecule has 8 heteroatoms. The monoisotopic (exact) mass is 451 g/mol. The van der Waals surface area contributed by atoms with Crippen LogP contribution in [0.25, 0.3) is 0 Å². The zero-order valence-electron chi connectivity index (χ0n) is 19.1. The van der Waals surface area contributed by atoms with Crippen LogP contribution >= 0.6 is 0 Å². The lowest BCUT2D eigenvalue weighted by atomic mass is 9.86. The highest BCUT2D eigenvalue weighted by atomic mass is 19.1. The first-order valence-corrected chi connectivity index (χ1v) is 10.5. The Bertz CT molecular complexity index is 1130. The number of benzene rings is 2. The third-order valence-corrected chi connectivity index (χ3v) is 5.00. The number of halogens is 1. The average Bonchev–Trinajstić information content (AvgIpc) is 3.25. The van der Waals surface area contributed by atoms with Crippen molar-refractivity contribution in [2.24, 2.45) is 0 Å². The molecule has 0 saturated carbocycles. The van der Waals surface area contributed by atoms with Crippen molar-refractivity contribution in [3.8, 4) is 0 Å². The van der Waals surface area contributed by atoms with Crippen LogP contribution < -0.4 is 20.6 Å². The minimum absolute atomic E-state index is 0.298. The van der Waals surface area contributed by atoms with E-state index >= 15 is 0 Å². The smallest absolute Gasteiger partial charge is 0.380 e. The number of rotatable bonds is 6. The minimum atomic E-state index is -1.03. The average molecular weight is 452 g/mol. The lowest BCUT2D eigenvalue weighted by molar-refractivity contribution is -0.118. The Morgan fingerprint density at radius 1 is 1.09 bits per heavy atom. The Kier molecular flexibility index (Phi) is 7.43. The molecule has 0 aromatic heterocycles. The van der Waals surface area contributed by atoms with Crippen molar-refractivity contribution < 1.29 is 18.7 Å². The van der Waals surface area contributed by atoms with E-state index in [1.807, 2.05) is 32.9 Å². The quantitative estimate of drug-likeness (QED) is 0.588. The maximum Gasteiger partial charge on any atom is 0.408 e. The number of hydrogen-bond acceptors (Lipinski definition) is 3. The van der Waals surface area contributed by atoms with Gasteiger partial charge in [0.2, 0.25) is 0 Å². The van der Waals surface area contributed by atoms with Crippen molar-refractivity contribution in [1.82, 2.24) is 15.3 Å². The maximum atomic E-state index is 14.6. The predicted molar refractivity (Wildman–Crippen MR) is 128 cm³/mol. The van der Waals surface area contributed by atoms with Crippen molar-refractivity contribution >= 4 is 29.7 Å². The molecule has 3 rings (SSSR count). The first-order chi connectivity index (χ1) is 15.7. The fraction of sp³-hybridized carbons (Fsp3) is 0.280. The number of carbonyl (C=O) groups is 2. The second-order valence-corrected chi connectivity index (χ2v) is 8.66. The zero-order chi connectivity index (χ0) is 24.0. The second-order valence-electron chi connectivity index (χ2n) is 8.66. The Labute approximate surface area is 192 Å². The van der Waals surface area contributed by atoms with Gasteiger partial charge >= 0.3 is 11.9 Å². The molecule has 1 heterocycles. The summed E-state index contributed by atoms with van der Waals surface area (Å²) in [5.41, 5.74) is 1.96. The summed E-state index contributed by atoms with van der Waals surface area (Å²) in [7, 11) is 1.59. The lowest BCUT2D eigenvalue weighted by Crippen LogP contribution is -2.44. The van der Waals surface area contributed by atoms with Gasteiger partial charge in [0.05, 0.1) is 12.7 Å². The summed E-state index contributed by atoms with van der Waals surface area (Å²) in [6.07, 6.45) is 4.86. The Morgan fingerprint density at radius 2 is 1.82 bits per heavy atom. The highest BCUT2D eigenvalue weighted by molar-refractivity contribution is 6.09. The van der Waals surface area contributed by atoms with E-state index in [-0.39, 0.29) is 5.41 Å². The molecule has 0 radical (unpaired) electrons. The largest absolute Gasteiger partial charge is 0.408 e. The molecule has 172 valence electrons. The van der Waals surface area contributed by atoms with Crippen LogP contribution in [0.4, 0.5) is 14.9 Å². The third-order valence-electron chi connectivity index (χ3n) is 5.00. The second kappa shape index (κ2) is 10.3. The van der Waals surface area contributed by atoms with Crippen LogP contribution in [0.5, 0.6) is 0 Å². The summed E-state index contributed by atoms with van der Waals surface area (Å²) in [6, 6.07) is 10.1. The van der Waals surface area contributed by atoms with Crippen LogP contribution in [0.1, 0.15) is 43.5 Å². The van der Waals surface area contributed by atoms with Gasteiger partial charge in [-0.05, 0) is 34.2 Å². The number of amidine groups is 1. The molecule has 2 aromatic rings. The van der Waals surface area contributed by atoms with Gasteiger partial charge in [0.25, 0.3) is 5.91 Å². The van der Waals surface area contributed by atoms with Gasteiger partial charge in [-0.3, -0.25) is 4.79 Å². The first kappa shape index (κ1) is 23.9. The van der Waals surface area contributed by atoms with Crippen molar-refractivity contribution in [3.63, 3.8) is 0 Å². The van der Waals surface area contributed by atoms with Gasteiger partial charge in [-0.25, -0.2) is 13.9 Å². The van der Waals surface area contributed by atoms with E-state index in [9.17, 15) is 14.0 Å². The van der Waals surface area contributed by atoms with Crippen molar-refractivity contribution in [2.45, 2.75) is 38.8 Å². The molecule has 1 atom stereocenters. The predicted octanol–water partition coefficient (Wildman–Crippen LogP) is 3.35. The van der Waals surface area contributed by atoms with E-state index in [1.54, 1.807) is 49.7 Å². The molecule has 3 N–H and O–H groups in total. The van der Waals surface area contributed by atoms with Crippen LogP contribution in [-0.2, 0) is 21.6 Å². The van der Waals surface area contributed by atoms with Crippen LogP contribution in [0.2, 0.25) is 0 Å². The number of allylic oxidation sites excluding steroid dienone is 1. The van der Waals surface area contributed by atoms with Gasteiger partial charge in [0.15, 0.2) is 6.21 Å². The number of nitrogens with zero attached hydrogens (tertiary/aromatic N) is 1. The van der Waals surface area contributed by atoms with E-state index < -0.39 is 23.8 Å². The fourth-order valence-electron chi connectivity index (χ4n) is 3.35. The van der Waals surface area contributed by atoms with Crippen LogP contribution in [0.3, 0.4) is 0 Å². The highest BCUT2D eigenvalue weighted by Crippen LogP contribution is 2.27. The van der Waals surface area contributed by atoms with Gasteiger partial charge in [-0.1, -0.05) is 51.1 Å². The van der Waals surface area contributed by atoms with E-state index in [0.29, 0.717) is 29.3 Å². The molecule has 0 bridgehead atoms. The number of amides is 3. The number of nitrogens with one attached hydrogen (secondary N) is 3. The molecule has 0 fully saturated rings. The van der Waals surface area contributed by atoms with E-state index in [2.05, 4.69) is 20.6 Å². The molecular formula is C25H28FN4O3+. The summed E-state index contributed by atoms with van der Waals surface area (Å²) in [5.74, 6) is -0.557. The minimum Gasteiger partial charge on any atom is -0.380 e. The van der Waals surface area contributed by atoms with Crippen molar-refractivity contribution in [1.29, 1.82) is 0 Å². The number of carbonyl (C=O) groups excluding carboxylic acids is 2. The zero-order valence-corrected chi connectivity index (χ0v) is 19.1. The standard InChI is InChI=1S/C25H27FN4O3/c1-25(2,3)19-12-11-18(14-20(19)26)28-23(31)22(17-9-7-16(8-10-17)15-33-4)30-24(32)29-21-6-5-13-27-21/h5-14,22H,15H2,1-4H3,(H2,28,30,31,32)/p+1/t22-/m1/s1. The molecule has 3 amide bonds. The van der Waals surface area contributed by atoms with Crippen LogP contribution in [-0.4, -0.2) is 31.1 Å². The molecule has 0 saturated heterocycles. The first-order valence-electron chi connectivity index (χ1n) is 10.5. The molecule has 33 heavy (non-hydrogen) atoms. The molecule has 1 aliphatic rings. The molecule has 0 unspecified atom stereocenters. The van der Waals surface area contributed by atoms with Gasteiger partial charge < -0.3 is 15.4 Å². The summed E-state index contributed by atoms with van der Waals surface area (Å²) in [4.78, 5) is 25.6. The van der Waals surface area contributed by atoms with E-state index in [4.69, 9.17) is 4.74 Å². The number of ether oxygens (including phenoxy) is 1. The van der Waals surface area contributed by atoms with E-state index in [1.165, 1.54) is 6.07 Å². The molecule has 7 nitrogen and oxygen atoms in total. The van der Waals surface area contributed by atoms with Gasteiger partial charge in [0, 0.05) is 18.9 Å². The molecule has 2 aromatic carbocycles. The Hall–Kier alpha value is -3.74. The number of hydrogen-bond donors (Lipinski definition) is 3. The van der Waals surface area contributed by atoms with E-state index in [0.717, 1.165) is 5.56 Å². The summed E-state index contributed by atoms with van der Waals surface area (Å²) >= 11 is 0. The maximum absolute atomic E-state index is 14.6. The molecule has 1 aliphatic heterocycles. The van der Waals surface area contributed by atoms with Crippen molar-refractivity contribution in [3.05, 3.63) is 77.1 Å². The summed E-state index contributed by atoms with van der Waals surface area (Å²) < 4.78 is 23.7. The van der Waals surface area contributed by atoms with Crippen LogP contribution in [0, 0.1) is 5.82 Å². The number of urea groups is 1. The highest BCUT2D eigenvalue weighted by Gasteiger charge is 2.27.